The molecule has 3 aromatic heterocycles. The number of hydrogen-bond donors (Lipinski definition) is 0. The fourth-order valence-electron chi connectivity index (χ4n) is 4.93. The molecular weight excluding hydrogens is 556 g/mol. The monoisotopic (exact) mass is 588 g/mol. The van der Waals surface area contributed by atoms with Gasteiger partial charge in [0.15, 0.2) is 0 Å². The minimum atomic E-state index is -1.16. The topological polar surface area (TPSA) is 97.0 Å². The van der Waals surface area contributed by atoms with E-state index in [-0.39, 0.29) is 0 Å². The van der Waals surface area contributed by atoms with Crippen LogP contribution in [-0.2, 0) is 22.8 Å². The predicted octanol–water partition coefficient (Wildman–Crippen LogP) is 6.89. The molecular formula is C30H33ClN6O3Si. The number of imidazole rings is 1. The van der Waals surface area contributed by atoms with E-state index in [4.69, 9.17) is 26.1 Å². The minimum absolute atomic E-state index is 0.318. The van der Waals surface area contributed by atoms with Gasteiger partial charge in [-0.2, -0.15) is 5.10 Å². The second kappa shape index (κ2) is 11.0. The zero-order valence-electron chi connectivity index (χ0n) is 23.7. The summed E-state index contributed by atoms with van der Waals surface area (Å²) < 4.78 is 16.2. The minimum Gasteiger partial charge on any atom is -0.456 e. The lowest BCUT2D eigenvalue weighted by atomic mass is 9.84. The van der Waals surface area contributed by atoms with Crippen LogP contribution in [0.1, 0.15) is 18.7 Å². The summed E-state index contributed by atoms with van der Waals surface area (Å²) in [6.45, 7) is 10.9. The van der Waals surface area contributed by atoms with Crippen LogP contribution in [0.15, 0.2) is 48.9 Å². The number of hydrogen-bond acceptors (Lipinski definition) is 7. The zero-order valence-corrected chi connectivity index (χ0v) is 25.5. The molecule has 0 bridgehead atoms. The van der Waals surface area contributed by atoms with Crippen LogP contribution in [0.4, 0.5) is 0 Å². The Kier molecular flexibility index (Phi) is 7.39. The van der Waals surface area contributed by atoms with Crippen molar-refractivity contribution in [1.82, 2.24) is 29.3 Å². The van der Waals surface area contributed by atoms with Gasteiger partial charge in [-0.1, -0.05) is 31.2 Å². The van der Waals surface area contributed by atoms with E-state index in [2.05, 4.69) is 39.3 Å². The van der Waals surface area contributed by atoms with E-state index in [9.17, 15) is 4.79 Å². The second-order valence-electron chi connectivity index (χ2n) is 12.0. The number of halogens is 1. The van der Waals surface area contributed by atoms with Crippen molar-refractivity contribution in [3.05, 3.63) is 59.8 Å². The molecule has 5 aromatic rings. The molecule has 1 saturated carbocycles. The fraction of sp³-hybridized carbons (Fsp3) is 0.367. The molecule has 0 radical (unpaired) electrons. The van der Waals surface area contributed by atoms with E-state index in [1.807, 2.05) is 48.1 Å². The first-order chi connectivity index (χ1) is 19.6. The quantitative estimate of drug-likeness (QED) is 0.129. The van der Waals surface area contributed by atoms with Gasteiger partial charge in [-0.25, -0.2) is 9.97 Å². The smallest absolute Gasteiger partial charge is 0.148 e. The molecule has 1 aliphatic rings. The van der Waals surface area contributed by atoms with Gasteiger partial charge >= 0.3 is 0 Å². The Bertz CT molecular complexity index is 1750. The molecule has 0 amide bonds. The van der Waals surface area contributed by atoms with Crippen LogP contribution in [-0.4, -0.2) is 49.8 Å². The van der Waals surface area contributed by atoms with Crippen molar-refractivity contribution in [2.45, 2.75) is 58.7 Å². The summed E-state index contributed by atoms with van der Waals surface area (Å²) in [4.78, 5) is 25.4. The molecule has 0 spiro atoms. The van der Waals surface area contributed by atoms with Gasteiger partial charge in [0.1, 0.15) is 40.4 Å². The van der Waals surface area contributed by atoms with Crippen LogP contribution in [0.5, 0.6) is 11.5 Å². The Labute approximate surface area is 244 Å². The summed E-state index contributed by atoms with van der Waals surface area (Å²) in [6, 6.07) is 10.6. The SMILES string of the molecule is Cc1nc2ccc(Oc3ccc4ncc(-c5cnn(CC6CC(=O)C6)c5)nc4c3Cl)cc2n1COCC[Si](C)(C)C. The van der Waals surface area contributed by atoms with Gasteiger partial charge in [0.2, 0.25) is 0 Å². The van der Waals surface area contributed by atoms with Crippen molar-refractivity contribution in [2.75, 3.05) is 6.61 Å². The largest absolute Gasteiger partial charge is 0.456 e. The number of ether oxygens (including phenoxy) is 2. The second-order valence-corrected chi connectivity index (χ2v) is 18.0. The molecule has 212 valence electrons. The number of rotatable bonds is 10. The number of carbonyl (C=O) groups excluding carboxylic acids is 1. The standard InChI is InChI=1S/C30H33ClN6O3Si/c1-19-34-24-6-5-23(13-27(24)37(19)18-39-9-10-41(2,3)4)40-28-8-7-25-30(29(28)31)35-26(15-32-25)21-14-33-36(17-21)16-20-11-22(38)12-20/h5-8,13-15,17,20H,9-12,16,18H2,1-4H3. The average molecular weight is 589 g/mol. The fourth-order valence-corrected chi connectivity index (χ4v) is 5.93. The van der Waals surface area contributed by atoms with Crippen LogP contribution < -0.4 is 4.74 Å². The highest BCUT2D eigenvalue weighted by atomic mass is 35.5. The van der Waals surface area contributed by atoms with E-state index in [0.29, 0.717) is 64.5 Å². The Hall–Kier alpha value is -3.60. The van der Waals surface area contributed by atoms with Crippen LogP contribution in [0.25, 0.3) is 33.3 Å². The summed E-state index contributed by atoms with van der Waals surface area (Å²) in [7, 11) is -1.16. The molecule has 6 rings (SSSR count). The highest BCUT2D eigenvalue weighted by Crippen LogP contribution is 2.36. The summed E-state index contributed by atoms with van der Waals surface area (Å²) in [5, 5.41) is 4.83. The molecule has 1 fully saturated rings. The maximum atomic E-state index is 11.3. The number of Topliss-reactive ketones (excluding diaryl/α,β-unsaturated/α-hetero) is 1. The first-order valence-corrected chi connectivity index (χ1v) is 17.9. The van der Waals surface area contributed by atoms with Crippen LogP contribution in [0.2, 0.25) is 30.7 Å². The van der Waals surface area contributed by atoms with Gasteiger partial charge in [0.05, 0.1) is 34.6 Å². The third-order valence-corrected chi connectivity index (χ3v) is 9.45. The normalized spacial score (nSPS) is 14.2. The van der Waals surface area contributed by atoms with Crippen LogP contribution in [0, 0.1) is 12.8 Å². The molecule has 0 N–H and O–H groups in total. The molecule has 3 heterocycles. The highest BCUT2D eigenvalue weighted by molar-refractivity contribution is 6.76. The van der Waals surface area contributed by atoms with Crippen molar-refractivity contribution >= 4 is 47.5 Å². The van der Waals surface area contributed by atoms with Crippen LogP contribution in [0.3, 0.4) is 0 Å². The Morgan fingerprint density at radius 3 is 2.66 bits per heavy atom. The van der Waals surface area contributed by atoms with Gasteiger partial charge in [-0.05, 0) is 43.2 Å². The number of nitrogens with zero attached hydrogens (tertiary/aromatic N) is 6. The van der Waals surface area contributed by atoms with Gasteiger partial charge < -0.3 is 14.0 Å². The zero-order chi connectivity index (χ0) is 28.7. The van der Waals surface area contributed by atoms with Crippen molar-refractivity contribution in [3.8, 4) is 22.8 Å². The summed E-state index contributed by atoms with van der Waals surface area (Å²) in [5.74, 6) is 2.70. The van der Waals surface area contributed by atoms with Crippen LogP contribution >= 0.6 is 11.6 Å². The summed E-state index contributed by atoms with van der Waals surface area (Å²) >= 11 is 6.83. The van der Waals surface area contributed by atoms with E-state index in [0.717, 1.165) is 41.6 Å². The Balaban J connectivity index is 1.22. The van der Waals surface area contributed by atoms with Crippen molar-refractivity contribution in [2.24, 2.45) is 5.92 Å². The van der Waals surface area contributed by atoms with Gasteiger partial charge in [-0.15, -0.1) is 0 Å². The number of ketones is 1. The molecule has 9 nitrogen and oxygen atoms in total. The first-order valence-electron chi connectivity index (χ1n) is 13.9. The number of fused-ring (bicyclic) bond motifs is 2. The first kappa shape index (κ1) is 27.6. The third-order valence-electron chi connectivity index (χ3n) is 7.38. The maximum Gasteiger partial charge on any atom is 0.148 e. The maximum absolute atomic E-state index is 11.3. The number of benzene rings is 2. The van der Waals surface area contributed by atoms with Crippen molar-refractivity contribution < 1.29 is 14.3 Å². The lowest BCUT2D eigenvalue weighted by Gasteiger charge is -2.23. The Morgan fingerprint density at radius 1 is 1.07 bits per heavy atom. The van der Waals surface area contributed by atoms with Crippen molar-refractivity contribution in [3.63, 3.8) is 0 Å². The number of carbonyl (C=O) groups is 1. The highest BCUT2D eigenvalue weighted by Gasteiger charge is 2.27. The van der Waals surface area contributed by atoms with Gasteiger partial charge in [0, 0.05) is 51.9 Å². The van der Waals surface area contributed by atoms with E-state index in [1.54, 1.807) is 12.4 Å². The lowest BCUT2D eigenvalue weighted by Crippen LogP contribution is -2.27. The van der Waals surface area contributed by atoms with Crippen molar-refractivity contribution in [1.29, 1.82) is 0 Å². The molecule has 0 unspecified atom stereocenters. The molecule has 11 heteroatoms. The summed E-state index contributed by atoms with van der Waals surface area (Å²) in [6.07, 6.45) is 6.67. The molecule has 1 aliphatic carbocycles. The average Bonchev–Trinajstić information content (AvgIpc) is 3.50. The predicted molar refractivity (Wildman–Crippen MR) is 162 cm³/mol. The molecule has 0 saturated heterocycles. The molecule has 0 aliphatic heterocycles. The van der Waals surface area contributed by atoms with E-state index >= 15 is 0 Å². The molecule has 2 aromatic carbocycles. The molecule has 41 heavy (non-hydrogen) atoms. The van der Waals surface area contributed by atoms with Gasteiger partial charge in [0.25, 0.3) is 0 Å². The van der Waals surface area contributed by atoms with E-state index < -0.39 is 8.07 Å². The third kappa shape index (κ3) is 6.05. The van der Waals surface area contributed by atoms with E-state index in [1.165, 1.54) is 0 Å². The number of aryl methyl sites for hydroxylation is 1. The lowest BCUT2D eigenvalue weighted by molar-refractivity contribution is -0.127. The van der Waals surface area contributed by atoms with Gasteiger partial charge in [-0.3, -0.25) is 14.5 Å². The molecule has 0 atom stereocenters. The Morgan fingerprint density at radius 2 is 1.88 bits per heavy atom. The number of aromatic nitrogens is 6. The summed E-state index contributed by atoms with van der Waals surface area (Å²) in [5.41, 5.74) is 4.56.